The molecule has 1 saturated carbocycles. The normalized spacial score (nSPS) is 18.8. The van der Waals surface area contributed by atoms with Crippen LogP contribution in [0.2, 0.25) is 0 Å². The van der Waals surface area contributed by atoms with Gasteiger partial charge in [-0.3, -0.25) is 14.8 Å². The highest BCUT2D eigenvalue weighted by molar-refractivity contribution is 7.92. The number of nitrogens with zero attached hydrogens (tertiary/aromatic N) is 4. The number of sulfone groups is 1. The van der Waals surface area contributed by atoms with Crippen molar-refractivity contribution in [2.45, 2.75) is 42.4 Å². The number of aromatic nitrogens is 4. The molecule has 0 aromatic carbocycles. The van der Waals surface area contributed by atoms with Crippen molar-refractivity contribution in [3.8, 4) is 16.5 Å². The Hall–Kier alpha value is -2.96. The minimum atomic E-state index is -3.38. The Kier molecular flexibility index (Phi) is 6.76. The number of hydrogen-bond donors (Lipinski definition) is 1. The molecule has 1 saturated heterocycles. The van der Waals surface area contributed by atoms with Crippen molar-refractivity contribution in [1.82, 2.24) is 25.3 Å². The second-order valence-electron chi connectivity index (χ2n) is 8.44. The van der Waals surface area contributed by atoms with E-state index >= 15 is 0 Å². The van der Waals surface area contributed by atoms with Crippen LogP contribution < -0.4 is 10.1 Å². The summed E-state index contributed by atoms with van der Waals surface area (Å²) in [5.41, 5.74) is 1.07. The van der Waals surface area contributed by atoms with Crippen LogP contribution in [0.3, 0.4) is 0 Å². The van der Waals surface area contributed by atoms with Gasteiger partial charge in [0.2, 0.25) is 5.88 Å². The molecule has 0 bridgehead atoms. The molecule has 0 radical (unpaired) electrons. The molecule has 1 N–H and O–H groups in total. The zero-order valence-corrected chi connectivity index (χ0v) is 20.7. The molecule has 184 valence electrons. The Bertz CT molecular complexity index is 1320. The lowest BCUT2D eigenvalue weighted by atomic mass is 9.95. The van der Waals surface area contributed by atoms with E-state index in [1.165, 1.54) is 29.8 Å². The third kappa shape index (κ3) is 5.19. The first kappa shape index (κ1) is 23.8. The van der Waals surface area contributed by atoms with Crippen LogP contribution >= 0.6 is 11.3 Å². The molecule has 12 heteroatoms. The van der Waals surface area contributed by atoms with Gasteiger partial charge in [0.05, 0.1) is 52.4 Å². The van der Waals surface area contributed by atoms with E-state index in [1.807, 2.05) is 6.92 Å². The maximum absolute atomic E-state index is 13.2. The summed E-state index contributed by atoms with van der Waals surface area (Å²) < 4.78 is 36.5. The molecular weight excluding hydrogens is 490 g/mol. The fourth-order valence-electron chi connectivity index (χ4n) is 3.98. The molecule has 0 spiro atoms. The van der Waals surface area contributed by atoms with Gasteiger partial charge in [-0.2, -0.15) is 0 Å². The van der Waals surface area contributed by atoms with Gasteiger partial charge in [-0.05, 0) is 38.3 Å². The Balaban J connectivity index is 1.39. The van der Waals surface area contributed by atoms with E-state index in [-0.39, 0.29) is 27.0 Å². The molecule has 2 aliphatic rings. The summed E-state index contributed by atoms with van der Waals surface area (Å²) >= 11 is 1.19. The fourth-order valence-corrected chi connectivity index (χ4v) is 6.43. The summed E-state index contributed by atoms with van der Waals surface area (Å²) in [5, 5.41) is 2.96. The van der Waals surface area contributed by atoms with E-state index in [1.54, 1.807) is 18.5 Å². The third-order valence-electron chi connectivity index (χ3n) is 5.94. The Labute approximate surface area is 207 Å². The number of ether oxygens (including phenoxy) is 2. The van der Waals surface area contributed by atoms with Crippen LogP contribution in [-0.4, -0.2) is 59.3 Å². The number of carbonyl (C=O) groups is 1. The molecule has 4 heterocycles. The van der Waals surface area contributed by atoms with E-state index in [9.17, 15) is 13.2 Å². The number of pyridine rings is 1. The van der Waals surface area contributed by atoms with Crippen LogP contribution in [0.15, 0.2) is 41.8 Å². The van der Waals surface area contributed by atoms with Gasteiger partial charge in [0.25, 0.3) is 5.91 Å². The zero-order chi connectivity index (χ0) is 24.4. The minimum Gasteiger partial charge on any atom is -0.477 e. The number of amides is 1. The fraction of sp³-hybridized carbons (Fsp3) is 0.435. The largest absolute Gasteiger partial charge is 0.477 e. The number of thiazole rings is 1. The third-order valence-corrected chi connectivity index (χ3v) is 9.22. The summed E-state index contributed by atoms with van der Waals surface area (Å²) in [7, 11) is -3.38. The monoisotopic (exact) mass is 515 g/mol. The smallest absolute Gasteiger partial charge is 0.280 e. The van der Waals surface area contributed by atoms with Gasteiger partial charge in [0, 0.05) is 24.9 Å². The zero-order valence-electron chi connectivity index (χ0n) is 19.1. The van der Waals surface area contributed by atoms with Crippen molar-refractivity contribution in [2.24, 2.45) is 5.92 Å². The number of rotatable bonds is 9. The van der Waals surface area contributed by atoms with Gasteiger partial charge in [-0.1, -0.05) is 0 Å². The second-order valence-corrected chi connectivity index (χ2v) is 11.7. The SMILES string of the molecule is CCOc1cncc(-c2cnc(C(=O)N[C@@H](c3cc(S(=O)(=O)C4CC4)ccn3)C3CCOC3)s2)n1. The highest BCUT2D eigenvalue weighted by Crippen LogP contribution is 2.35. The van der Waals surface area contributed by atoms with Gasteiger partial charge in [0.1, 0.15) is 5.69 Å². The number of nitrogens with one attached hydrogen (secondary N) is 1. The molecule has 10 nitrogen and oxygen atoms in total. The molecule has 2 atom stereocenters. The summed E-state index contributed by atoms with van der Waals surface area (Å²) in [4.78, 5) is 31.4. The average Bonchev–Trinajstić information content (AvgIpc) is 3.38. The molecule has 3 aromatic rings. The van der Waals surface area contributed by atoms with Gasteiger partial charge >= 0.3 is 0 Å². The van der Waals surface area contributed by atoms with Crippen LogP contribution in [0.25, 0.3) is 10.6 Å². The minimum absolute atomic E-state index is 0.0292. The lowest BCUT2D eigenvalue weighted by Crippen LogP contribution is -2.34. The Morgan fingerprint density at radius 1 is 1.26 bits per heavy atom. The van der Waals surface area contributed by atoms with Crippen LogP contribution in [0, 0.1) is 5.92 Å². The van der Waals surface area contributed by atoms with E-state index in [0.717, 1.165) is 6.42 Å². The molecule has 1 unspecified atom stereocenters. The molecule has 1 amide bonds. The van der Waals surface area contributed by atoms with Crippen LogP contribution in [0.4, 0.5) is 0 Å². The van der Waals surface area contributed by atoms with Crippen LogP contribution in [-0.2, 0) is 14.6 Å². The van der Waals surface area contributed by atoms with E-state index in [2.05, 4.69) is 25.3 Å². The van der Waals surface area contributed by atoms with E-state index < -0.39 is 15.9 Å². The number of carbonyl (C=O) groups excluding carboxylic acids is 1. The van der Waals surface area contributed by atoms with E-state index in [0.29, 0.717) is 54.8 Å². The Morgan fingerprint density at radius 3 is 2.86 bits per heavy atom. The Morgan fingerprint density at radius 2 is 2.11 bits per heavy atom. The van der Waals surface area contributed by atoms with Crippen LogP contribution in [0.1, 0.15) is 47.7 Å². The van der Waals surface area contributed by atoms with Gasteiger partial charge in [-0.25, -0.2) is 18.4 Å². The summed E-state index contributed by atoms with van der Waals surface area (Å²) in [6, 6.07) is 2.60. The quantitative estimate of drug-likeness (QED) is 0.456. The summed E-state index contributed by atoms with van der Waals surface area (Å²) in [6.45, 7) is 3.36. The van der Waals surface area contributed by atoms with Crippen molar-refractivity contribution in [2.75, 3.05) is 19.8 Å². The molecule has 1 aliphatic heterocycles. The second kappa shape index (κ2) is 9.96. The summed E-state index contributed by atoms with van der Waals surface area (Å²) in [6.07, 6.45) is 8.28. The first-order chi connectivity index (χ1) is 17.0. The number of hydrogen-bond acceptors (Lipinski definition) is 10. The molecule has 3 aromatic heterocycles. The first-order valence-corrected chi connectivity index (χ1v) is 13.8. The van der Waals surface area contributed by atoms with Crippen molar-refractivity contribution >= 4 is 27.1 Å². The maximum atomic E-state index is 13.2. The molecule has 35 heavy (non-hydrogen) atoms. The van der Waals surface area contributed by atoms with E-state index in [4.69, 9.17) is 9.47 Å². The highest BCUT2D eigenvalue weighted by Gasteiger charge is 2.38. The predicted molar refractivity (Wildman–Crippen MR) is 128 cm³/mol. The van der Waals surface area contributed by atoms with Gasteiger partial charge in [-0.15, -0.1) is 11.3 Å². The standard InChI is InChI=1S/C23H25N5O5S2/c1-2-33-20-12-24-10-18(27-20)19-11-26-23(34-19)22(29)28-21(14-6-8-32-13-14)17-9-16(5-7-25-17)35(30,31)15-3-4-15/h5,7,9-12,14-15,21H,2-4,6,8,13H2,1H3,(H,28,29)/t14?,21-/m1/s1. The van der Waals surface area contributed by atoms with Crippen molar-refractivity contribution < 1.29 is 22.7 Å². The lowest BCUT2D eigenvalue weighted by molar-refractivity contribution is 0.0914. The molecular formula is C23H25N5O5S2. The topological polar surface area (TPSA) is 133 Å². The highest BCUT2D eigenvalue weighted by atomic mass is 32.2. The molecule has 1 aliphatic carbocycles. The maximum Gasteiger partial charge on any atom is 0.280 e. The lowest BCUT2D eigenvalue weighted by Gasteiger charge is -2.23. The van der Waals surface area contributed by atoms with Gasteiger partial charge in [0.15, 0.2) is 14.8 Å². The van der Waals surface area contributed by atoms with Crippen molar-refractivity contribution in [3.05, 3.63) is 47.6 Å². The molecule has 5 rings (SSSR count). The average molecular weight is 516 g/mol. The van der Waals surface area contributed by atoms with Crippen molar-refractivity contribution in [1.29, 1.82) is 0 Å². The molecule has 2 fully saturated rings. The van der Waals surface area contributed by atoms with Crippen LogP contribution in [0.5, 0.6) is 5.88 Å². The first-order valence-electron chi connectivity index (χ1n) is 11.4. The van der Waals surface area contributed by atoms with Crippen molar-refractivity contribution in [3.63, 3.8) is 0 Å². The predicted octanol–water partition coefficient (Wildman–Crippen LogP) is 2.84. The summed E-state index contributed by atoms with van der Waals surface area (Å²) in [5.74, 6) is 0.000586. The van der Waals surface area contributed by atoms with Gasteiger partial charge < -0.3 is 14.8 Å².